The first-order valence-electron chi connectivity index (χ1n) is 11.8. The minimum Gasteiger partial charge on any atom is -0.324 e. The van der Waals surface area contributed by atoms with E-state index in [4.69, 9.17) is 0 Å². The molecular weight excluding hydrogens is 581 g/mol. The summed E-state index contributed by atoms with van der Waals surface area (Å²) in [7, 11) is 0. The molecule has 4 rings (SSSR count). The van der Waals surface area contributed by atoms with Gasteiger partial charge in [-0.15, -0.1) is 11.8 Å². The maximum Gasteiger partial charge on any atom is 0.272 e. The topological polar surface area (TPSA) is 87.3 Å². The Morgan fingerprint density at radius 1 is 0.821 bits per heavy atom. The Labute approximate surface area is 237 Å². The van der Waals surface area contributed by atoms with Crippen molar-refractivity contribution in [3.8, 4) is 0 Å². The Kier molecular flexibility index (Phi) is 9.66. The zero-order valence-electron chi connectivity index (χ0n) is 20.5. The third-order valence-corrected chi connectivity index (χ3v) is 7.00. The van der Waals surface area contributed by atoms with E-state index in [-0.39, 0.29) is 17.4 Å². The second kappa shape index (κ2) is 13.5. The molecule has 3 N–H and O–H groups in total. The highest BCUT2D eigenvalue weighted by atomic mass is 79.9. The lowest BCUT2D eigenvalue weighted by molar-refractivity contribution is -0.114. The summed E-state index contributed by atoms with van der Waals surface area (Å²) in [6.45, 7) is 0. The van der Waals surface area contributed by atoms with Crippen molar-refractivity contribution in [1.82, 2.24) is 5.32 Å². The average Bonchev–Trinajstić information content (AvgIpc) is 2.94. The number of hydrogen-bond donors (Lipinski definition) is 3. The van der Waals surface area contributed by atoms with E-state index in [0.717, 1.165) is 9.37 Å². The zero-order valence-corrected chi connectivity index (χ0v) is 22.9. The minimum atomic E-state index is -0.558. The van der Waals surface area contributed by atoms with Crippen molar-refractivity contribution in [3.63, 3.8) is 0 Å². The molecule has 0 aromatic heterocycles. The fourth-order valence-electron chi connectivity index (χ4n) is 3.43. The number of rotatable bonds is 9. The van der Waals surface area contributed by atoms with Gasteiger partial charge in [-0.05, 0) is 82.2 Å². The highest BCUT2D eigenvalue weighted by molar-refractivity contribution is 9.10. The van der Waals surface area contributed by atoms with Gasteiger partial charge < -0.3 is 16.0 Å². The molecule has 6 nitrogen and oxygen atoms in total. The average molecular weight is 605 g/mol. The summed E-state index contributed by atoms with van der Waals surface area (Å²) >= 11 is 4.72. The molecule has 0 unspecified atom stereocenters. The number of halogens is 2. The van der Waals surface area contributed by atoms with Gasteiger partial charge >= 0.3 is 0 Å². The highest BCUT2D eigenvalue weighted by Crippen LogP contribution is 2.24. The molecule has 0 spiro atoms. The van der Waals surface area contributed by atoms with Gasteiger partial charge in [0.15, 0.2) is 0 Å². The molecule has 196 valence electrons. The predicted octanol–water partition coefficient (Wildman–Crippen LogP) is 6.73. The second-order valence-corrected chi connectivity index (χ2v) is 10.1. The van der Waals surface area contributed by atoms with Crippen LogP contribution in [-0.4, -0.2) is 23.5 Å². The molecule has 9 heteroatoms. The summed E-state index contributed by atoms with van der Waals surface area (Å²) in [6, 6.07) is 28.4. The third-order valence-electron chi connectivity index (χ3n) is 5.32. The van der Waals surface area contributed by atoms with Crippen LogP contribution in [0, 0.1) is 5.82 Å². The quantitative estimate of drug-likeness (QED) is 0.146. The van der Waals surface area contributed by atoms with Crippen LogP contribution >= 0.6 is 27.7 Å². The van der Waals surface area contributed by atoms with Crippen molar-refractivity contribution in [2.45, 2.75) is 4.90 Å². The van der Waals surface area contributed by atoms with E-state index in [0.29, 0.717) is 22.5 Å². The van der Waals surface area contributed by atoms with E-state index < -0.39 is 17.6 Å². The lowest BCUT2D eigenvalue weighted by Gasteiger charge is -2.12. The van der Waals surface area contributed by atoms with Crippen LogP contribution in [0.1, 0.15) is 15.9 Å². The Balaban J connectivity index is 1.45. The molecular formula is C30H23BrFN3O3S. The normalized spacial score (nSPS) is 11.0. The molecule has 3 amide bonds. The number of benzene rings is 4. The van der Waals surface area contributed by atoms with E-state index in [1.165, 1.54) is 42.1 Å². The Morgan fingerprint density at radius 2 is 1.54 bits per heavy atom. The van der Waals surface area contributed by atoms with Crippen LogP contribution in [0.3, 0.4) is 0 Å². The van der Waals surface area contributed by atoms with Gasteiger partial charge in [-0.2, -0.15) is 0 Å². The van der Waals surface area contributed by atoms with Gasteiger partial charge in [0, 0.05) is 20.6 Å². The number of amides is 3. The summed E-state index contributed by atoms with van der Waals surface area (Å²) < 4.78 is 14.2. The van der Waals surface area contributed by atoms with Crippen molar-refractivity contribution in [2.24, 2.45) is 0 Å². The molecule has 0 fully saturated rings. The molecule has 0 bridgehead atoms. The Bertz CT molecular complexity index is 1510. The van der Waals surface area contributed by atoms with Crippen LogP contribution in [0.15, 0.2) is 118 Å². The monoisotopic (exact) mass is 603 g/mol. The van der Waals surface area contributed by atoms with Crippen LogP contribution in [0.4, 0.5) is 15.8 Å². The van der Waals surface area contributed by atoms with E-state index in [1.54, 1.807) is 54.6 Å². The lowest BCUT2D eigenvalue weighted by atomic mass is 10.1. The molecule has 4 aromatic carbocycles. The third kappa shape index (κ3) is 8.39. The molecule has 39 heavy (non-hydrogen) atoms. The number of carbonyl (C=O) groups excluding carboxylic acids is 3. The summed E-state index contributed by atoms with van der Waals surface area (Å²) in [5.41, 5.74) is 2.07. The fraction of sp³-hybridized carbons (Fsp3) is 0.0333. The predicted molar refractivity (Wildman–Crippen MR) is 157 cm³/mol. The SMILES string of the molecule is O=C(CSc1cccc(NC(=O)/C(=C/c2ccc(F)cc2)NC(=O)c2ccccc2)c1)Nc1ccccc1Br. The van der Waals surface area contributed by atoms with Crippen LogP contribution in [0.25, 0.3) is 6.08 Å². The number of nitrogens with one attached hydrogen (secondary N) is 3. The van der Waals surface area contributed by atoms with E-state index in [1.807, 2.05) is 24.3 Å². The molecule has 0 saturated carbocycles. The first kappa shape index (κ1) is 27.8. The Hall–Kier alpha value is -4.21. The molecule has 0 heterocycles. The molecule has 0 radical (unpaired) electrons. The summed E-state index contributed by atoms with van der Waals surface area (Å²) in [4.78, 5) is 39.2. The lowest BCUT2D eigenvalue weighted by Crippen LogP contribution is -2.30. The minimum absolute atomic E-state index is 0.0127. The zero-order chi connectivity index (χ0) is 27.6. The van der Waals surface area contributed by atoms with Gasteiger partial charge in [0.2, 0.25) is 5.91 Å². The van der Waals surface area contributed by atoms with E-state index >= 15 is 0 Å². The van der Waals surface area contributed by atoms with Gasteiger partial charge in [-0.25, -0.2) is 4.39 Å². The molecule has 4 aromatic rings. The summed E-state index contributed by atoms with van der Waals surface area (Å²) in [5.74, 6) is -1.43. The molecule has 0 aliphatic carbocycles. The smallest absolute Gasteiger partial charge is 0.272 e. The van der Waals surface area contributed by atoms with E-state index in [2.05, 4.69) is 31.9 Å². The van der Waals surface area contributed by atoms with Gasteiger partial charge in [0.25, 0.3) is 11.8 Å². The van der Waals surface area contributed by atoms with Crippen LogP contribution in [0.2, 0.25) is 0 Å². The van der Waals surface area contributed by atoms with Gasteiger partial charge in [-0.1, -0.05) is 48.5 Å². The molecule has 0 saturated heterocycles. The van der Waals surface area contributed by atoms with Crippen molar-refractivity contribution in [3.05, 3.63) is 130 Å². The largest absolute Gasteiger partial charge is 0.324 e. The van der Waals surface area contributed by atoms with E-state index in [9.17, 15) is 18.8 Å². The number of anilines is 2. The number of para-hydroxylation sites is 1. The van der Waals surface area contributed by atoms with Crippen molar-refractivity contribution in [2.75, 3.05) is 16.4 Å². The maximum atomic E-state index is 13.4. The molecule has 0 atom stereocenters. The molecule has 0 aliphatic rings. The highest BCUT2D eigenvalue weighted by Gasteiger charge is 2.15. The number of thioether (sulfide) groups is 1. The van der Waals surface area contributed by atoms with Crippen molar-refractivity contribution in [1.29, 1.82) is 0 Å². The van der Waals surface area contributed by atoms with Crippen LogP contribution in [0.5, 0.6) is 0 Å². The fourth-order valence-corrected chi connectivity index (χ4v) is 4.57. The van der Waals surface area contributed by atoms with Gasteiger partial charge in [0.1, 0.15) is 11.5 Å². The maximum absolute atomic E-state index is 13.4. The van der Waals surface area contributed by atoms with Gasteiger partial charge in [0.05, 0.1) is 11.4 Å². The second-order valence-electron chi connectivity index (χ2n) is 8.23. The number of hydrogen-bond acceptors (Lipinski definition) is 4. The van der Waals surface area contributed by atoms with Crippen LogP contribution in [-0.2, 0) is 9.59 Å². The molecule has 0 aliphatic heterocycles. The standard InChI is InChI=1S/C30H23BrFN3O3S/c31-25-11-4-5-12-26(25)34-28(36)19-39-24-10-6-9-23(18-24)33-30(38)27(17-20-13-15-22(32)16-14-20)35-29(37)21-7-2-1-3-8-21/h1-18H,19H2,(H,33,38)(H,34,36)(H,35,37)/b27-17-. The Morgan fingerprint density at radius 3 is 2.28 bits per heavy atom. The summed E-state index contributed by atoms with van der Waals surface area (Å²) in [5, 5.41) is 8.30. The van der Waals surface area contributed by atoms with Gasteiger partial charge in [-0.3, -0.25) is 14.4 Å². The van der Waals surface area contributed by atoms with Crippen molar-refractivity contribution < 1.29 is 18.8 Å². The number of carbonyl (C=O) groups is 3. The summed E-state index contributed by atoms with van der Waals surface area (Å²) in [6.07, 6.45) is 1.47. The van der Waals surface area contributed by atoms with Crippen molar-refractivity contribution >= 4 is 62.9 Å². The van der Waals surface area contributed by atoms with Crippen LogP contribution < -0.4 is 16.0 Å². The first-order chi connectivity index (χ1) is 18.9. The first-order valence-corrected chi connectivity index (χ1v) is 13.6.